The number of benzene rings is 2. The van der Waals surface area contributed by atoms with Gasteiger partial charge in [0.2, 0.25) is 0 Å². The molecule has 186 valence electrons. The van der Waals surface area contributed by atoms with E-state index < -0.39 is 20.9 Å². The van der Waals surface area contributed by atoms with Crippen molar-refractivity contribution in [3.05, 3.63) is 67.0 Å². The van der Waals surface area contributed by atoms with Crippen LogP contribution in [0.5, 0.6) is 0 Å². The molecule has 0 fully saturated rings. The highest BCUT2D eigenvalue weighted by molar-refractivity contribution is 8.08. The van der Waals surface area contributed by atoms with Crippen molar-refractivity contribution in [3.63, 3.8) is 0 Å². The van der Waals surface area contributed by atoms with E-state index in [-0.39, 0.29) is 21.8 Å². The van der Waals surface area contributed by atoms with Crippen LogP contribution in [0.15, 0.2) is 62.2 Å². The van der Waals surface area contributed by atoms with Gasteiger partial charge in [-0.3, -0.25) is 18.7 Å². The summed E-state index contributed by atoms with van der Waals surface area (Å²) in [6.07, 6.45) is 0. The van der Waals surface area contributed by atoms with Gasteiger partial charge >= 0.3 is 0 Å². The highest BCUT2D eigenvalue weighted by Crippen LogP contribution is 2.45. The molecule has 3 heterocycles. The van der Waals surface area contributed by atoms with E-state index in [1.165, 1.54) is 29.2 Å². The number of para-hydroxylation sites is 1. The number of rotatable bonds is 3. The molecule has 0 saturated heterocycles. The number of nitrogens with zero attached hydrogens (tertiary/aromatic N) is 4. The minimum Gasteiger partial charge on any atom is -0.337 e. The molecule has 3 aromatic rings. The average molecular weight is 563 g/mol. The Labute approximate surface area is 219 Å². The van der Waals surface area contributed by atoms with Crippen molar-refractivity contribution in [2.45, 2.75) is 30.2 Å². The zero-order chi connectivity index (χ0) is 25.9. The van der Waals surface area contributed by atoms with Gasteiger partial charge in [-0.15, -0.1) is 11.3 Å². The second-order valence-corrected chi connectivity index (χ2v) is 11.8. The number of thioether (sulfide) groups is 1. The lowest BCUT2D eigenvalue weighted by Gasteiger charge is -2.14. The highest BCUT2D eigenvalue weighted by atomic mass is 35.5. The molecule has 36 heavy (non-hydrogen) atoms. The summed E-state index contributed by atoms with van der Waals surface area (Å²) in [4.78, 5) is 29.6. The normalized spacial score (nSPS) is 18.7. The fourth-order valence-corrected chi connectivity index (χ4v) is 7.49. The molecule has 0 unspecified atom stereocenters. The van der Waals surface area contributed by atoms with E-state index in [1.807, 2.05) is 43.1 Å². The number of carbonyl (C=O) groups excluding carboxylic acids is 1. The second kappa shape index (κ2) is 8.89. The number of hydrogen-bond donors (Lipinski definition) is 1. The summed E-state index contributed by atoms with van der Waals surface area (Å²) >= 11 is 8.99. The lowest BCUT2D eigenvalue weighted by Crippen LogP contribution is -2.35. The minimum atomic E-state index is -4.46. The van der Waals surface area contributed by atoms with E-state index in [0.717, 1.165) is 32.8 Å². The first-order valence-corrected chi connectivity index (χ1v) is 14.1. The summed E-state index contributed by atoms with van der Waals surface area (Å²) in [5.41, 5.74) is 1.63. The molecule has 9 nitrogen and oxygen atoms in total. The minimum absolute atomic E-state index is 0.0756. The van der Waals surface area contributed by atoms with Crippen molar-refractivity contribution < 1.29 is 17.8 Å². The van der Waals surface area contributed by atoms with Gasteiger partial charge in [-0.25, -0.2) is 0 Å². The summed E-state index contributed by atoms with van der Waals surface area (Å²) in [5.74, 6) is -0.496. The predicted octanol–water partition coefficient (Wildman–Crippen LogP) is 2.71. The first-order chi connectivity index (χ1) is 17.0. The molecular weight excluding hydrogens is 544 g/mol. The van der Waals surface area contributed by atoms with E-state index in [2.05, 4.69) is 5.10 Å². The average Bonchev–Trinajstić information content (AvgIpc) is 3.43. The van der Waals surface area contributed by atoms with Gasteiger partial charge < -0.3 is 4.90 Å². The number of hydrogen-bond acceptors (Lipinski definition) is 8. The number of amides is 1. The predicted molar refractivity (Wildman–Crippen MR) is 143 cm³/mol. The molecule has 0 radical (unpaired) electrons. The zero-order valence-corrected chi connectivity index (χ0v) is 22.4. The van der Waals surface area contributed by atoms with Crippen molar-refractivity contribution in [2.75, 3.05) is 17.0 Å². The van der Waals surface area contributed by atoms with Gasteiger partial charge in [0.15, 0.2) is 0 Å². The number of hydrazone groups is 1. The van der Waals surface area contributed by atoms with Crippen molar-refractivity contribution in [2.24, 2.45) is 5.10 Å². The number of carbonyl (C=O) groups is 1. The van der Waals surface area contributed by atoms with Gasteiger partial charge in [0.1, 0.15) is 14.2 Å². The number of anilines is 2. The van der Waals surface area contributed by atoms with Crippen LogP contribution in [-0.4, -0.2) is 36.2 Å². The molecule has 0 saturated carbocycles. The Bertz CT molecular complexity index is 1780. The van der Waals surface area contributed by atoms with Crippen LogP contribution in [-0.2, 0) is 21.5 Å². The van der Waals surface area contributed by atoms with E-state index in [1.54, 1.807) is 11.5 Å². The van der Waals surface area contributed by atoms with Gasteiger partial charge in [0.05, 0.1) is 32.6 Å². The molecule has 0 aliphatic carbocycles. The van der Waals surface area contributed by atoms with Crippen LogP contribution in [0.3, 0.4) is 0 Å². The highest BCUT2D eigenvalue weighted by Gasteiger charge is 2.33. The molecule has 0 atom stereocenters. The SMILES string of the molecule is CCn1c(=O)/c(=C2/Sc3ccccc3N2C)s/c1=C1/C(=O)N(c2ccc(S(=O)(=O)O)cc2Cl)N=C1C. The Balaban J connectivity index is 1.67. The molecule has 2 aromatic carbocycles. The Morgan fingerprint density at radius 2 is 1.83 bits per heavy atom. The third kappa shape index (κ3) is 3.89. The Morgan fingerprint density at radius 3 is 2.47 bits per heavy atom. The van der Waals surface area contributed by atoms with Gasteiger partial charge in [-0.1, -0.05) is 35.5 Å². The topological polar surface area (TPSA) is 112 Å². The van der Waals surface area contributed by atoms with Crippen LogP contribution in [0.25, 0.3) is 10.6 Å². The smallest absolute Gasteiger partial charge is 0.294 e. The molecular formula is C23H19ClN4O5S3. The van der Waals surface area contributed by atoms with Crippen LogP contribution in [0.2, 0.25) is 5.02 Å². The monoisotopic (exact) mass is 562 g/mol. The summed E-state index contributed by atoms with van der Waals surface area (Å²) in [7, 11) is -2.55. The number of aromatic nitrogens is 1. The fourth-order valence-electron chi connectivity index (χ4n) is 4.06. The van der Waals surface area contributed by atoms with Gasteiger partial charge in [0, 0.05) is 18.5 Å². The lowest BCUT2D eigenvalue weighted by atomic mass is 10.2. The Morgan fingerprint density at radius 1 is 1.11 bits per heavy atom. The summed E-state index contributed by atoms with van der Waals surface area (Å²) in [6.45, 7) is 3.85. The number of halogens is 1. The summed E-state index contributed by atoms with van der Waals surface area (Å²) < 4.78 is 34.7. The van der Waals surface area contributed by atoms with Crippen molar-refractivity contribution in [1.29, 1.82) is 0 Å². The molecule has 0 spiro atoms. The van der Waals surface area contributed by atoms with Crippen molar-refractivity contribution >= 4 is 78.4 Å². The van der Waals surface area contributed by atoms with E-state index >= 15 is 0 Å². The molecule has 13 heteroatoms. The number of thiazole rings is 1. The largest absolute Gasteiger partial charge is 0.337 e. The van der Waals surface area contributed by atoms with Crippen LogP contribution in [0.4, 0.5) is 11.4 Å². The first-order valence-electron chi connectivity index (χ1n) is 10.7. The Hall–Kier alpha value is -2.90. The zero-order valence-electron chi connectivity index (χ0n) is 19.2. The summed E-state index contributed by atoms with van der Waals surface area (Å²) in [5, 5.41) is 6.14. The third-order valence-electron chi connectivity index (χ3n) is 5.81. The van der Waals surface area contributed by atoms with E-state index in [0.29, 0.717) is 21.5 Å². The molecule has 1 N–H and O–H groups in total. The molecule has 0 bridgehead atoms. The van der Waals surface area contributed by atoms with Gasteiger partial charge in [-0.2, -0.15) is 18.5 Å². The first kappa shape index (κ1) is 24.8. The van der Waals surface area contributed by atoms with Crippen LogP contribution in [0, 0.1) is 0 Å². The molecule has 1 aromatic heterocycles. The standard InChI is InChI=1S/C23H19ClN4O5S3/c1-4-27-21(30)19(23-26(3)16-7-5-6-8-17(16)34-23)35-22(27)18-12(2)25-28(20(18)29)15-10-9-13(11-14(15)24)36(31,32)33/h5-11H,4H2,1-3H3,(H,31,32,33)/b22-18+,23-19-. The van der Waals surface area contributed by atoms with E-state index in [9.17, 15) is 22.6 Å². The van der Waals surface area contributed by atoms with Crippen molar-refractivity contribution in [1.82, 2.24) is 4.57 Å². The van der Waals surface area contributed by atoms with Crippen LogP contribution in [0.1, 0.15) is 13.8 Å². The third-order valence-corrected chi connectivity index (χ3v) is 9.52. The van der Waals surface area contributed by atoms with Crippen molar-refractivity contribution in [3.8, 4) is 0 Å². The maximum Gasteiger partial charge on any atom is 0.294 e. The second-order valence-electron chi connectivity index (χ2n) is 7.99. The van der Waals surface area contributed by atoms with Gasteiger partial charge in [0.25, 0.3) is 21.6 Å². The van der Waals surface area contributed by atoms with Crippen LogP contribution >= 0.6 is 34.7 Å². The lowest BCUT2D eigenvalue weighted by molar-refractivity contribution is -0.112. The van der Waals surface area contributed by atoms with Crippen LogP contribution < -0.4 is 24.7 Å². The maximum atomic E-state index is 13.5. The maximum absolute atomic E-state index is 13.5. The Kier molecular flexibility index (Phi) is 6.12. The fraction of sp³-hybridized carbons (Fsp3) is 0.174. The summed E-state index contributed by atoms with van der Waals surface area (Å²) in [6, 6.07) is 11.4. The molecule has 2 aliphatic rings. The molecule has 5 rings (SSSR count). The molecule has 1 amide bonds. The number of fused-ring (bicyclic) bond motifs is 1. The van der Waals surface area contributed by atoms with Gasteiger partial charge in [-0.05, 0) is 44.2 Å². The molecule has 2 aliphatic heterocycles. The quantitative estimate of drug-likeness (QED) is 0.488. The van der Waals surface area contributed by atoms with E-state index in [4.69, 9.17) is 11.6 Å².